The first-order valence-electron chi connectivity index (χ1n) is 6.02. The van der Waals surface area contributed by atoms with E-state index in [9.17, 15) is 9.59 Å². The molecule has 0 spiro atoms. The van der Waals surface area contributed by atoms with E-state index in [2.05, 4.69) is 15.4 Å². The first kappa shape index (κ1) is 13.6. The average molecular weight is 270 g/mol. The number of rotatable bonds is 4. The van der Waals surface area contributed by atoms with E-state index < -0.39 is 0 Å². The summed E-state index contributed by atoms with van der Waals surface area (Å²) in [5.41, 5.74) is 2.45. The number of carbonyl (C=O) groups excluding carboxylic acids is 2. The first-order chi connectivity index (χ1) is 9.67. The molecular formula is C15H14N2O3. The molecule has 5 nitrogen and oxygen atoms in total. The zero-order valence-corrected chi connectivity index (χ0v) is 10.9. The first-order valence-corrected chi connectivity index (χ1v) is 6.02. The van der Waals surface area contributed by atoms with Crippen LogP contribution in [-0.2, 0) is 4.79 Å². The maximum Gasteiger partial charge on any atom is 0.323 e. The second kappa shape index (κ2) is 6.38. The molecular weight excluding hydrogens is 256 g/mol. The van der Waals surface area contributed by atoms with Crippen LogP contribution in [0.3, 0.4) is 0 Å². The molecule has 2 N–H and O–H groups in total. The van der Waals surface area contributed by atoms with E-state index >= 15 is 0 Å². The van der Waals surface area contributed by atoms with Crippen LogP contribution in [0.25, 0.3) is 0 Å². The van der Waals surface area contributed by atoms with Crippen molar-refractivity contribution in [3.8, 4) is 5.75 Å². The zero-order chi connectivity index (χ0) is 14.4. The number of nitrogens with one attached hydrogen (secondary N) is 2. The number of benzene rings is 2. The van der Waals surface area contributed by atoms with Gasteiger partial charge in [0.05, 0.1) is 0 Å². The summed E-state index contributed by atoms with van der Waals surface area (Å²) in [4.78, 5) is 21.9. The predicted molar refractivity (Wildman–Crippen MR) is 77.0 cm³/mol. The van der Waals surface area contributed by atoms with Gasteiger partial charge in [-0.05, 0) is 43.3 Å². The summed E-state index contributed by atoms with van der Waals surface area (Å²) >= 11 is 0. The van der Waals surface area contributed by atoms with E-state index in [1.54, 1.807) is 24.3 Å². The third-order valence-electron chi connectivity index (χ3n) is 2.61. The molecule has 2 aromatic rings. The Labute approximate surface area is 116 Å². The van der Waals surface area contributed by atoms with Gasteiger partial charge in [0.2, 0.25) is 0 Å². The van der Waals surface area contributed by atoms with Crippen molar-refractivity contribution >= 4 is 23.9 Å². The van der Waals surface area contributed by atoms with Crippen molar-refractivity contribution in [3.05, 3.63) is 54.1 Å². The molecule has 0 radical (unpaired) electrons. The zero-order valence-electron chi connectivity index (χ0n) is 10.9. The lowest BCUT2D eigenvalue weighted by atomic mass is 10.2. The second-order valence-corrected chi connectivity index (χ2v) is 4.18. The van der Waals surface area contributed by atoms with E-state index in [1.165, 1.54) is 0 Å². The SMILES string of the molecule is Cc1ccc(NC(=O)Nc2ccc(OC=O)cc2)cc1. The number of hydrogen-bond acceptors (Lipinski definition) is 3. The van der Waals surface area contributed by atoms with Crippen molar-refractivity contribution in [1.29, 1.82) is 0 Å². The van der Waals surface area contributed by atoms with Crippen LogP contribution < -0.4 is 15.4 Å². The Balaban J connectivity index is 1.93. The fourth-order valence-corrected chi connectivity index (χ4v) is 1.60. The smallest absolute Gasteiger partial charge is 0.323 e. The van der Waals surface area contributed by atoms with E-state index in [0.29, 0.717) is 23.6 Å². The highest BCUT2D eigenvalue weighted by Crippen LogP contribution is 2.15. The predicted octanol–water partition coefficient (Wildman–Crippen LogP) is 3.17. The van der Waals surface area contributed by atoms with Gasteiger partial charge in [0.1, 0.15) is 5.75 Å². The summed E-state index contributed by atoms with van der Waals surface area (Å²) in [6.07, 6.45) is 0. The minimum atomic E-state index is -0.335. The molecule has 0 aliphatic carbocycles. The van der Waals surface area contributed by atoms with Crippen LogP contribution in [0.4, 0.5) is 16.2 Å². The van der Waals surface area contributed by atoms with Gasteiger partial charge in [-0.2, -0.15) is 0 Å². The number of amides is 2. The van der Waals surface area contributed by atoms with Crippen LogP contribution in [0.1, 0.15) is 5.56 Å². The maximum absolute atomic E-state index is 11.8. The average Bonchev–Trinajstić information content (AvgIpc) is 2.44. The summed E-state index contributed by atoms with van der Waals surface area (Å²) in [5.74, 6) is 0.421. The Hall–Kier alpha value is -2.82. The number of hydrogen-bond donors (Lipinski definition) is 2. The molecule has 0 aliphatic rings. The molecule has 2 aromatic carbocycles. The van der Waals surface area contributed by atoms with Crippen LogP contribution in [0.2, 0.25) is 0 Å². The number of aryl methyl sites for hydroxylation is 1. The van der Waals surface area contributed by atoms with Gasteiger partial charge in [0.15, 0.2) is 0 Å². The van der Waals surface area contributed by atoms with Gasteiger partial charge in [0, 0.05) is 11.4 Å². The van der Waals surface area contributed by atoms with Crippen molar-refractivity contribution in [2.24, 2.45) is 0 Å². The fraction of sp³-hybridized carbons (Fsp3) is 0.0667. The molecule has 0 bridgehead atoms. The molecule has 5 heteroatoms. The Morgan fingerprint density at radius 2 is 1.45 bits per heavy atom. The van der Waals surface area contributed by atoms with Gasteiger partial charge in [-0.3, -0.25) is 4.79 Å². The van der Waals surface area contributed by atoms with Gasteiger partial charge >= 0.3 is 6.03 Å². The third kappa shape index (κ3) is 3.84. The molecule has 0 unspecified atom stereocenters. The highest BCUT2D eigenvalue weighted by Gasteiger charge is 2.02. The van der Waals surface area contributed by atoms with E-state index in [1.807, 2.05) is 31.2 Å². The second-order valence-electron chi connectivity index (χ2n) is 4.18. The molecule has 0 saturated heterocycles. The number of urea groups is 1. The normalized spacial score (nSPS) is 9.65. The molecule has 0 fully saturated rings. The molecule has 0 heterocycles. The number of ether oxygens (including phenoxy) is 1. The lowest BCUT2D eigenvalue weighted by molar-refractivity contribution is -0.120. The number of anilines is 2. The molecule has 0 aromatic heterocycles. The quantitative estimate of drug-likeness (QED) is 0.838. The lowest BCUT2D eigenvalue weighted by Crippen LogP contribution is -2.19. The summed E-state index contributed by atoms with van der Waals surface area (Å²) in [6.45, 7) is 2.33. The van der Waals surface area contributed by atoms with E-state index in [0.717, 1.165) is 5.56 Å². The molecule has 0 atom stereocenters. The lowest BCUT2D eigenvalue weighted by Gasteiger charge is -2.08. The van der Waals surface area contributed by atoms with E-state index in [4.69, 9.17) is 0 Å². The van der Waals surface area contributed by atoms with Crippen molar-refractivity contribution in [3.63, 3.8) is 0 Å². The molecule has 0 saturated carbocycles. The highest BCUT2D eigenvalue weighted by molar-refractivity contribution is 5.99. The molecule has 20 heavy (non-hydrogen) atoms. The largest absolute Gasteiger partial charge is 0.429 e. The van der Waals surface area contributed by atoms with Crippen molar-refractivity contribution in [2.45, 2.75) is 6.92 Å². The Morgan fingerprint density at radius 1 is 0.950 bits per heavy atom. The Kier molecular flexibility index (Phi) is 4.34. The maximum atomic E-state index is 11.8. The minimum Gasteiger partial charge on any atom is -0.429 e. The van der Waals surface area contributed by atoms with Crippen LogP contribution in [-0.4, -0.2) is 12.5 Å². The van der Waals surface area contributed by atoms with Crippen molar-refractivity contribution in [2.75, 3.05) is 10.6 Å². The monoisotopic (exact) mass is 270 g/mol. The summed E-state index contributed by atoms with van der Waals surface area (Å²) in [7, 11) is 0. The van der Waals surface area contributed by atoms with Crippen LogP contribution >= 0.6 is 0 Å². The van der Waals surface area contributed by atoms with Crippen LogP contribution in [0, 0.1) is 6.92 Å². The van der Waals surface area contributed by atoms with Gasteiger partial charge in [-0.25, -0.2) is 4.79 Å². The highest BCUT2D eigenvalue weighted by atomic mass is 16.5. The Bertz CT molecular complexity index is 592. The van der Waals surface area contributed by atoms with Gasteiger partial charge in [0.25, 0.3) is 6.47 Å². The van der Waals surface area contributed by atoms with Gasteiger partial charge < -0.3 is 15.4 Å². The van der Waals surface area contributed by atoms with Gasteiger partial charge in [-0.1, -0.05) is 17.7 Å². The summed E-state index contributed by atoms with van der Waals surface area (Å²) < 4.78 is 4.66. The topological polar surface area (TPSA) is 67.4 Å². The number of carbonyl (C=O) groups is 2. The summed E-state index contributed by atoms with van der Waals surface area (Å²) in [6, 6.07) is 13.6. The molecule has 2 amide bonds. The van der Waals surface area contributed by atoms with Gasteiger partial charge in [-0.15, -0.1) is 0 Å². The fourth-order valence-electron chi connectivity index (χ4n) is 1.60. The van der Waals surface area contributed by atoms with E-state index in [-0.39, 0.29) is 6.03 Å². The minimum absolute atomic E-state index is 0.335. The Morgan fingerprint density at radius 3 is 1.95 bits per heavy atom. The van der Waals surface area contributed by atoms with Crippen molar-refractivity contribution in [1.82, 2.24) is 0 Å². The third-order valence-corrected chi connectivity index (χ3v) is 2.61. The van der Waals surface area contributed by atoms with Crippen LogP contribution in [0.15, 0.2) is 48.5 Å². The molecule has 102 valence electrons. The van der Waals surface area contributed by atoms with Crippen LogP contribution in [0.5, 0.6) is 5.75 Å². The molecule has 0 aliphatic heterocycles. The molecule has 2 rings (SSSR count). The van der Waals surface area contributed by atoms with Crippen molar-refractivity contribution < 1.29 is 14.3 Å². The standard InChI is InChI=1S/C15H14N2O3/c1-11-2-4-12(5-3-11)16-15(19)17-13-6-8-14(9-7-13)20-10-18/h2-10H,1H3,(H2,16,17,19). The summed E-state index contributed by atoms with van der Waals surface area (Å²) in [5, 5.41) is 5.40.